The number of ether oxygens (including phenoxy) is 1. The standard InChI is InChI=1S/C11H7BrO3/c1-15-9-5-2-6(12)10-7(13)3-4-8(14)11(9)10/h2-5H,1H3. The molecule has 0 aromatic heterocycles. The number of carbonyl (C=O) groups excluding carboxylic acids is 2. The predicted molar refractivity (Wildman–Crippen MR) is 58.5 cm³/mol. The number of hydrogen-bond donors (Lipinski definition) is 0. The molecule has 1 aromatic rings. The Balaban J connectivity index is 2.78. The van der Waals surface area contributed by atoms with Crippen LogP contribution in [-0.4, -0.2) is 18.7 Å². The lowest BCUT2D eigenvalue weighted by Gasteiger charge is -2.14. The fraction of sp³-hybridized carbons (Fsp3) is 0.0909. The van der Waals surface area contributed by atoms with Gasteiger partial charge in [0.1, 0.15) is 5.75 Å². The maximum atomic E-state index is 11.6. The number of allylic oxidation sites excluding steroid dienone is 2. The molecule has 0 unspecified atom stereocenters. The van der Waals surface area contributed by atoms with Crippen molar-refractivity contribution in [2.24, 2.45) is 0 Å². The second-order valence-electron chi connectivity index (χ2n) is 3.06. The summed E-state index contributed by atoms with van der Waals surface area (Å²) in [5.74, 6) is 0.0361. The molecule has 1 aliphatic rings. The number of halogens is 1. The van der Waals surface area contributed by atoms with Crippen LogP contribution in [0.4, 0.5) is 0 Å². The van der Waals surface area contributed by atoms with Crippen LogP contribution >= 0.6 is 15.9 Å². The summed E-state index contributed by atoms with van der Waals surface area (Å²) < 4.78 is 5.67. The summed E-state index contributed by atoms with van der Waals surface area (Å²) in [5.41, 5.74) is 0.709. The molecule has 0 saturated carbocycles. The van der Waals surface area contributed by atoms with Crippen LogP contribution < -0.4 is 4.74 Å². The summed E-state index contributed by atoms with van der Waals surface area (Å²) in [5, 5.41) is 0. The second-order valence-corrected chi connectivity index (χ2v) is 3.92. The van der Waals surface area contributed by atoms with E-state index in [4.69, 9.17) is 4.74 Å². The van der Waals surface area contributed by atoms with E-state index in [1.807, 2.05) is 0 Å². The lowest BCUT2D eigenvalue weighted by Crippen LogP contribution is -2.13. The van der Waals surface area contributed by atoms with Gasteiger partial charge < -0.3 is 4.74 Å². The molecule has 0 fully saturated rings. The summed E-state index contributed by atoms with van der Waals surface area (Å²) in [4.78, 5) is 23.2. The molecule has 15 heavy (non-hydrogen) atoms. The maximum Gasteiger partial charge on any atom is 0.190 e. The fourth-order valence-electron chi connectivity index (χ4n) is 1.53. The Hall–Kier alpha value is -1.42. The van der Waals surface area contributed by atoms with Crippen LogP contribution in [0.3, 0.4) is 0 Å². The van der Waals surface area contributed by atoms with Gasteiger partial charge in [0, 0.05) is 4.47 Å². The molecule has 4 heteroatoms. The molecule has 2 rings (SSSR count). The molecule has 0 spiro atoms. The zero-order chi connectivity index (χ0) is 11.0. The first-order valence-electron chi connectivity index (χ1n) is 4.28. The van der Waals surface area contributed by atoms with Gasteiger partial charge in [0.05, 0.1) is 18.2 Å². The number of carbonyl (C=O) groups is 2. The highest BCUT2D eigenvalue weighted by Gasteiger charge is 2.25. The minimum atomic E-state index is -0.206. The molecule has 1 aliphatic carbocycles. The Morgan fingerprint density at radius 2 is 1.67 bits per heavy atom. The summed E-state index contributed by atoms with van der Waals surface area (Å²) in [6, 6.07) is 3.36. The number of fused-ring (bicyclic) bond motifs is 1. The van der Waals surface area contributed by atoms with Gasteiger partial charge in [-0.25, -0.2) is 0 Å². The molecule has 0 bridgehead atoms. The molecular weight excluding hydrogens is 260 g/mol. The van der Waals surface area contributed by atoms with E-state index in [-0.39, 0.29) is 11.6 Å². The quantitative estimate of drug-likeness (QED) is 0.784. The van der Waals surface area contributed by atoms with E-state index >= 15 is 0 Å². The average Bonchev–Trinajstić information content (AvgIpc) is 2.23. The molecule has 0 aliphatic heterocycles. The van der Waals surface area contributed by atoms with E-state index in [9.17, 15) is 9.59 Å². The number of rotatable bonds is 1. The molecule has 0 amide bonds. The van der Waals surface area contributed by atoms with Crippen molar-refractivity contribution in [1.29, 1.82) is 0 Å². The number of methoxy groups -OCH3 is 1. The third-order valence-electron chi connectivity index (χ3n) is 2.22. The first-order chi connectivity index (χ1) is 7.15. The highest BCUT2D eigenvalue weighted by Crippen LogP contribution is 2.32. The third kappa shape index (κ3) is 1.51. The molecule has 1 aromatic carbocycles. The van der Waals surface area contributed by atoms with Gasteiger partial charge in [0.2, 0.25) is 0 Å². The lowest BCUT2D eigenvalue weighted by molar-refractivity contribution is 0.0991. The van der Waals surface area contributed by atoms with Crippen molar-refractivity contribution in [3.05, 3.63) is 39.9 Å². The van der Waals surface area contributed by atoms with Gasteiger partial charge in [0.15, 0.2) is 11.6 Å². The van der Waals surface area contributed by atoms with Crippen LogP contribution in [0.15, 0.2) is 28.8 Å². The minimum absolute atomic E-state index is 0.185. The van der Waals surface area contributed by atoms with Gasteiger partial charge in [-0.15, -0.1) is 0 Å². The van der Waals surface area contributed by atoms with E-state index < -0.39 is 0 Å². The topological polar surface area (TPSA) is 43.4 Å². The SMILES string of the molecule is COc1ccc(Br)c2c1C(=O)C=CC2=O. The van der Waals surface area contributed by atoms with E-state index in [1.165, 1.54) is 19.3 Å². The van der Waals surface area contributed by atoms with Gasteiger partial charge in [-0.2, -0.15) is 0 Å². The zero-order valence-electron chi connectivity index (χ0n) is 7.91. The lowest BCUT2D eigenvalue weighted by atomic mass is 9.94. The van der Waals surface area contributed by atoms with Crippen molar-refractivity contribution in [2.75, 3.05) is 7.11 Å². The van der Waals surface area contributed by atoms with Gasteiger partial charge in [-0.1, -0.05) is 15.9 Å². The normalized spacial score (nSPS) is 14.0. The van der Waals surface area contributed by atoms with Gasteiger partial charge in [-0.05, 0) is 24.3 Å². The molecule has 0 saturated heterocycles. The van der Waals surface area contributed by atoms with Crippen molar-refractivity contribution < 1.29 is 14.3 Å². The van der Waals surface area contributed by atoms with Gasteiger partial charge in [-0.3, -0.25) is 9.59 Å². The van der Waals surface area contributed by atoms with Crippen LogP contribution in [-0.2, 0) is 0 Å². The molecular formula is C11H7BrO3. The summed E-state index contributed by atoms with van der Waals surface area (Å²) in [6.45, 7) is 0. The van der Waals surface area contributed by atoms with Crippen molar-refractivity contribution in [3.8, 4) is 5.75 Å². The Labute approximate surface area is 94.9 Å². The van der Waals surface area contributed by atoms with Crippen LogP contribution in [0.1, 0.15) is 20.7 Å². The van der Waals surface area contributed by atoms with E-state index in [0.717, 1.165) is 0 Å². The summed E-state index contributed by atoms with van der Waals surface area (Å²) in [7, 11) is 1.47. The highest BCUT2D eigenvalue weighted by molar-refractivity contribution is 9.10. The first kappa shape index (κ1) is 10.1. The van der Waals surface area contributed by atoms with E-state index in [2.05, 4.69) is 15.9 Å². The molecule has 0 N–H and O–H groups in total. The van der Waals surface area contributed by atoms with Crippen molar-refractivity contribution >= 4 is 27.5 Å². The summed E-state index contributed by atoms with van der Waals surface area (Å²) in [6.07, 6.45) is 2.54. The van der Waals surface area contributed by atoms with Crippen molar-refractivity contribution in [1.82, 2.24) is 0 Å². The monoisotopic (exact) mass is 266 g/mol. The van der Waals surface area contributed by atoms with Crippen LogP contribution in [0.25, 0.3) is 0 Å². The Kier molecular flexibility index (Phi) is 2.44. The predicted octanol–water partition coefficient (Wildman–Crippen LogP) is 2.39. The maximum absolute atomic E-state index is 11.6. The Bertz CT molecular complexity index is 489. The Morgan fingerprint density at radius 1 is 1.07 bits per heavy atom. The summed E-state index contributed by atoms with van der Waals surface area (Å²) >= 11 is 3.25. The van der Waals surface area contributed by atoms with Crippen molar-refractivity contribution in [3.63, 3.8) is 0 Å². The zero-order valence-corrected chi connectivity index (χ0v) is 9.50. The number of benzene rings is 1. The van der Waals surface area contributed by atoms with E-state index in [0.29, 0.717) is 21.3 Å². The largest absolute Gasteiger partial charge is 0.496 e. The van der Waals surface area contributed by atoms with E-state index in [1.54, 1.807) is 12.1 Å². The Morgan fingerprint density at radius 3 is 2.27 bits per heavy atom. The highest BCUT2D eigenvalue weighted by atomic mass is 79.9. The minimum Gasteiger partial charge on any atom is -0.496 e. The number of ketones is 2. The molecule has 0 radical (unpaired) electrons. The fourth-order valence-corrected chi connectivity index (χ4v) is 2.06. The first-order valence-corrected chi connectivity index (χ1v) is 5.07. The van der Waals surface area contributed by atoms with Crippen LogP contribution in [0.5, 0.6) is 5.75 Å². The molecule has 0 atom stereocenters. The third-order valence-corrected chi connectivity index (χ3v) is 2.88. The molecule has 3 nitrogen and oxygen atoms in total. The van der Waals surface area contributed by atoms with Crippen molar-refractivity contribution in [2.45, 2.75) is 0 Å². The molecule has 0 heterocycles. The van der Waals surface area contributed by atoms with Crippen LogP contribution in [0.2, 0.25) is 0 Å². The van der Waals surface area contributed by atoms with Gasteiger partial charge in [0.25, 0.3) is 0 Å². The second kappa shape index (κ2) is 3.62. The molecule has 76 valence electrons. The smallest absolute Gasteiger partial charge is 0.190 e. The average molecular weight is 267 g/mol. The van der Waals surface area contributed by atoms with Crippen LogP contribution in [0, 0.1) is 0 Å². The van der Waals surface area contributed by atoms with Gasteiger partial charge >= 0.3 is 0 Å². The number of hydrogen-bond acceptors (Lipinski definition) is 3.